The Labute approximate surface area is 113 Å². The first-order valence-corrected chi connectivity index (χ1v) is 6.27. The van der Waals surface area contributed by atoms with E-state index in [0.29, 0.717) is 19.7 Å². The van der Waals surface area contributed by atoms with Gasteiger partial charge in [0.05, 0.1) is 6.61 Å². The van der Waals surface area contributed by atoms with E-state index in [1.54, 1.807) is 6.92 Å². The van der Waals surface area contributed by atoms with Gasteiger partial charge in [-0.2, -0.15) is 0 Å². The highest BCUT2D eigenvalue weighted by molar-refractivity contribution is 5.80. The van der Waals surface area contributed by atoms with Crippen molar-refractivity contribution in [2.45, 2.75) is 26.6 Å². The minimum absolute atomic E-state index is 0.109. The van der Waals surface area contributed by atoms with Crippen molar-refractivity contribution in [3.8, 4) is 0 Å². The van der Waals surface area contributed by atoms with Crippen molar-refractivity contribution in [1.29, 1.82) is 0 Å². The normalized spacial score (nSPS) is 11.7. The monoisotopic (exact) mass is 264 g/mol. The molecule has 1 rings (SSSR count). The molecule has 1 aromatic carbocycles. The molecule has 0 saturated carbocycles. The standard InChI is InChI=1S/C14H20N2O3/c1-11(14(18)16-9-8-15-12(2)17)19-10-13-6-4-3-5-7-13/h3-7,11H,8-10H2,1-2H3,(H,15,17)(H,16,18)/t11-/m0/s1. The maximum absolute atomic E-state index is 11.7. The van der Waals surface area contributed by atoms with Gasteiger partial charge in [0, 0.05) is 20.0 Å². The number of hydrogen-bond acceptors (Lipinski definition) is 3. The summed E-state index contributed by atoms with van der Waals surface area (Å²) >= 11 is 0. The molecule has 0 fully saturated rings. The van der Waals surface area contributed by atoms with Crippen molar-refractivity contribution in [3.05, 3.63) is 35.9 Å². The van der Waals surface area contributed by atoms with Gasteiger partial charge in [-0.05, 0) is 12.5 Å². The van der Waals surface area contributed by atoms with E-state index in [1.165, 1.54) is 6.92 Å². The van der Waals surface area contributed by atoms with Crippen LogP contribution < -0.4 is 10.6 Å². The van der Waals surface area contributed by atoms with Gasteiger partial charge in [0.25, 0.3) is 0 Å². The van der Waals surface area contributed by atoms with Crippen molar-refractivity contribution < 1.29 is 14.3 Å². The molecule has 2 N–H and O–H groups in total. The van der Waals surface area contributed by atoms with E-state index in [9.17, 15) is 9.59 Å². The molecule has 19 heavy (non-hydrogen) atoms. The van der Waals surface area contributed by atoms with E-state index in [-0.39, 0.29) is 11.8 Å². The van der Waals surface area contributed by atoms with Crippen molar-refractivity contribution in [3.63, 3.8) is 0 Å². The molecule has 0 aliphatic rings. The topological polar surface area (TPSA) is 67.4 Å². The summed E-state index contributed by atoms with van der Waals surface area (Å²) in [6.07, 6.45) is -0.516. The van der Waals surface area contributed by atoms with Crippen LogP contribution in [0.25, 0.3) is 0 Å². The lowest BCUT2D eigenvalue weighted by molar-refractivity contribution is -0.132. The van der Waals surface area contributed by atoms with Crippen LogP contribution in [0, 0.1) is 0 Å². The predicted molar refractivity (Wildman–Crippen MR) is 72.4 cm³/mol. The third-order valence-corrected chi connectivity index (χ3v) is 2.51. The highest BCUT2D eigenvalue weighted by Crippen LogP contribution is 2.03. The van der Waals surface area contributed by atoms with Crippen molar-refractivity contribution in [2.75, 3.05) is 13.1 Å². The first-order chi connectivity index (χ1) is 9.09. The number of carbonyl (C=O) groups excluding carboxylic acids is 2. The minimum atomic E-state index is -0.516. The van der Waals surface area contributed by atoms with Gasteiger partial charge in [0.1, 0.15) is 6.10 Å². The van der Waals surface area contributed by atoms with E-state index in [1.807, 2.05) is 30.3 Å². The molecule has 5 nitrogen and oxygen atoms in total. The summed E-state index contributed by atoms with van der Waals surface area (Å²) < 4.78 is 5.47. The van der Waals surface area contributed by atoms with Gasteiger partial charge >= 0.3 is 0 Å². The molecule has 0 radical (unpaired) electrons. The van der Waals surface area contributed by atoms with Gasteiger partial charge in [-0.25, -0.2) is 0 Å². The SMILES string of the molecule is CC(=O)NCCNC(=O)[C@H](C)OCc1ccccc1. The van der Waals surface area contributed by atoms with Gasteiger partial charge in [-0.3, -0.25) is 9.59 Å². The maximum atomic E-state index is 11.7. The lowest BCUT2D eigenvalue weighted by atomic mass is 10.2. The van der Waals surface area contributed by atoms with Crippen LogP contribution in [-0.4, -0.2) is 31.0 Å². The third kappa shape index (κ3) is 6.57. The maximum Gasteiger partial charge on any atom is 0.248 e. The van der Waals surface area contributed by atoms with Gasteiger partial charge in [0.2, 0.25) is 11.8 Å². The highest BCUT2D eigenvalue weighted by Gasteiger charge is 2.12. The number of amides is 2. The largest absolute Gasteiger partial charge is 0.364 e. The molecule has 5 heteroatoms. The summed E-state index contributed by atoms with van der Waals surface area (Å²) in [5, 5.41) is 5.30. The number of carbonyl (C=O) groups is 2. The van der Waals surface area contributed by atoms with Crippen molar-refractivity contribution in [2.24, 2.45) is 0 Å². The Morgan fingerprint density at radius 1 is 1.16 bits per heavy atom. The zero-order valence-corrected chi connectivity index (χ0v) is 11.3. The molecule has 0 heterocycles. The molecule has 0 aromatic heterocycles. The average molecular weight is 264 g/mol. The Kier molecular flexibility index (Phi) is 6.60. The summed E-state index contributed by atoms with van der Waals surface area (Å²) in [4.78, 5) is 22.3. The molecule has 1 aromatic rings. The van der Waals surface area contributed by atoms with E-state index < -0.39 is 6.10 Å². The summed E-state index contributed by atoms with van der Waals surface area (Å²) in [6.45, 7) is 4.37. The Bertz CT molecular complexity index is 406. The number of rotatable bonds is 7. The highest BCUT2D eigenvalue weighted by atomic mass is 16.5. The zero-order valence-electron chi connectivity index (χ0n) is 11.3. The van der Waals surface area contributed by atoms with Gasteiger partial charge < -0.3 is 15.4 Å². The van der Waals surface area contributed by atoms with Gasteiger partial charge in [0.15, 0.2) is 0 Å². The van der Waals surface area contributed by atoms with Crippen molar-refractivity contribution in [1.82, 2.24) is 10.6 Å². The Morgan fingerprint density at radius 3 is 2.42 bits per heavy atom. The molecular formula is C14H20N2O3. The number of hydrogen-bond donors (Lipinski definition) is 2. The van der Waals surface area contributed by atoms with E-state index in [2.05, 4.69) is 10.6 Å². The van der Waals surface area contributed by atoms with Crippen LogP contribution in [0.3, 0.4) is 0 Å². The van der Waals surface area contributed by atoms with E-state index in [4.69, 9.17) is 4.74 Å². The van der Waals surface area contributed by atoms with Crippen LogP contribution in [0.1, 0.15) is 19.4 Å². The lowest BCUT2D eigenvalue weighted by Crippen LogP contribution is -2.39. The quantitative estimate of drug-likeness (QED) is 0.717. The van der Waals surface area contributed by atoms with Gasteiger partial charge in [-0.1, -0.05) is 30.3 Å². The molecule has 1 atom stereocenters. The molecular weight excluding hydrogens is 244 g/mol. The summed E-state index contributed by atoms with van der Waals surface area (Å²) in [6, 6.07) is 9.68. The summed E-state index contributed by atoms with van der Waals surface area (Å²) in [5.41, 5.74) is 1.03. The first kappa shape index (κ1) is 15.2. The number of nitrogens with one attached hydrogen (secondary N) is 2. The van der Waals surface area contributed by atoms with Crippen LogP contribution >= 0.6 is 0 Å². The predicted octanol–water partition coefficient (Wildman–Crippen LogP) is 0.844. The van der Waals surface area contributed by atoms with Crippen molar-refractivity contribution >= 4 is 11.8 Å². The van der Waals surface area contributed by atoms with Gasteiger partial charge in [-0.15, -0.1) is 0 Å². The van der Waals surface area contributed by atoms with Crippen LogP contribution in [-0.2, 0) is 20.9 Å². The molecule has 0 bridgehead atoms. The van der Waals surface area contributed by atoms with Crippen LogP contribution in [0.15, 0.2) is 30.3 Å². The second-order valence-corrected chi connectivity index (χ2v) is 4.21. The van der Waals surface area contributed by atoms with Crippen LogP contribution in [0.2, 0.25) is 0 Å². The second-order valence-electron chi connectivity index (χ2n) is 4.21. The van der Waals surface area contributed by atoms with E-state index in [0.717, 1.165) is 5.56 Å². The molecule has 0 saturated heterocycles. The molecule has 0 aliphatic carbocycles. The molecule has 0 unspecified atom stereocenters. The number of benzene rings is 1. The molecule has 0 aliphatic heterocycles. The van der Waals surface area contributed by atoms with E-state index >= 15 is 0 Å². The molecule has 2 amide bonds. The lowest BCUT2D eigenvalue weighted by Gasteiger charge is -2.13. The fourth-order valence-electron chi connectivity index (χ4n) is 1.44. The summed E-state index contributed by atoms with van der Waals surface area (Å²) in [5.74, 6) is -0.288. The Hall–Kier alpha value is -1.88. The Morgan fingerprint density at radius 2 is 1.79 bits per heavy atom. The summed E-state index contributed by atoms with van der Waals surface area (Å²) in [7, 11) is 0. The van der Waals surface area contributed by atoms with Crippen LogP contribution in [0.5, 0.6) is 0 Å². The smallest absolute Gasteiger partial charge is 0.248 e. The fourth-order valence-corrected chi connectivity index (χ4v) is 1.44. The second kappa shape index (κ2) is 8.26. The molecule has 104 valence electrons. The molecule has 0 spiro atoms. The Balaban J connectivity index is 2.20. The zero-order chi connectivity index (χ0) is 14.1. The van der Waals surface area contributed by atoms with Crippen LogP contribution in [0.4, 0.5) is 0 Å². The number of ether oxygens (including phenoxy) is 1. The fraction of sp³-hybridized carbons (Fsp3) is 0.429. The minimum Gasteiger partial charge on any atom is -0.364 e. The third-order valence-electron chi connectivity index (χ3n) is 2.51. The average Bonchev–Trinajstić information content (AvgIpc) is 2.41. The first-order valence-electron chi connectivity index (χ1n) is 6.27.